The second-order valence-corrected chi connectivity index (χ2v) is 5.58. The van der Waals surface area contributed by atoms with Crippen molar-refractivity contribution in [3.8, 4) is 0 Å². The summed E-state index contributed by atoms with van der Waals surface area (Å²) in [5, 5.41) is 4.54. The smallest absolute Gasteiger partial charge is 0.142 e. The summed E-state index contributed by atoms with van der Waals surface area (Å²) in [4.78, 5) is 0. The number of halogens is 4. The highest BCUT2D eigenvalue weighted by Gasteiger charge is 2.17. The van der Waals surface area contributed by atoms with Crippen molar-refractivity contribution in [1.82, 2.24) is 5.32 Å². The average Bonchev–Trinajstić information content (AvgIpc) is 2.42. The third-order valence-electron chi connectivity index (χ3n) is 2.95. The van der Waals surface area contributed by atoms with E-state index in [0.717, 1.165) is 11.1 Å². The van der Waals surface area contributed by atoms with E-state index in [0.29, 0.717) is 16.6 Å². The molecule has 0 spiro atoms. The fourth-order valence-corrected chi connectivity index (χ4v) is 2.56. The molecule has 106 valence electrons. The van der Waals surface area contributed by atoms with Crippen molar-refractivity contribution in [3.05, 3.63) is 68.4 Å². The van der Waals surface area contributed by atoms with Crippen LogP contribution in [0.4, 0.5) is 4.39 Å². The second-order valence-electron chi connectivity index (χ2n) is 4.33. The van der Waals surface area contributed by atoms with Crippen LogP contribution in [-0.4, -0.2) is 6.54 Å². The molecule has 0 bridgehead atoms. The summed E-state index contributed by atoms with van der Waals surface area (Å²) >= 11 is 18.0. The Balaban J connectivity index is 2.49. The fourth-order valence-electron chi connectivity index (χ4n) is 2.04. The lowest BCUT2D eigenvalue weighted by Crippen LogP contribution is -2.22. The van der Waals surface area contributed by atoms with E-state index in [1.807, 2.05) is 6.92 Å². The summed E-state index contributed by atoms with van der Waals surface area (Å²) in [7, 11) is 0. The summed E-state index contributed by atoms with van der Waals surface area (Å²) in [5.74, 6) is -0.453. The Morgan fingerprint density at radius 2 is 1.75 bits per heavy atom. The maximum Gasteiger partial charge on any atom is 0.142 e. The molecular formula is C15H13Cl3FN. The molecule has 0 saturated carbocycles. The largest absolute Gasteiger partial charge is 0.306 e. The molecule has 0 aliphatic rings. The molecule has 1 nitrogen and oxygen atoms in total. The van der Waals surface area contributed by atoms with Gasteiger partial charge in [0.05, 0.1) is 11.1 Å². The number of nitrogens with one attached hydrogen (secondary N) is 1. The minimum Gasteiger partial charge on any atom is -0.306 e. The number of hydrogen-bond donors (Lipinski definition) is 1. The van der Waals surface area contributed by atoms with E-state index in [-0.39, 0.29) is 11.1 Å². The molecule has 2 aromatic carbocycles. The summed E-state index contributed by atoms with van der Waals surface area (Å²) in [5.41, 5.74) is 1.56. The van der Waals surface area contributed by atoms with Crippen LogP contribution in [0.1, 0.15) is 24.1 Å². The molecule has 1 unspecified atom stereocenters. The fraction of sp³-hybridized carbons (Fsp3) is 0.200. The number of benzene rings is 2. The molecule has 0 aliphatic carbocycles. The Morgan fingerprint density at radius 1 is 1.05 bits per heavy atom. The predicted octanol–water partition coefficient (Wildman–Crippen LogP) is 5.48. The topological polar surface area (TPSA) is 12.0 Å². The zero-order valence-corrected chi connectivity index (χ0v) is 13.0. The molecule has 0 aromatic heterocycles. The van der Waals surface area contributed by atoms with Crippen LogP contribution < -0.4 is 5.32 Å². The molecule has 0 aliphatic heterocycles. The predicted molar refractivity (Wildman–Crippen MR) is 83.4 cm³/mol. The molecule has 0 amide bonds. The van der Waals surface area contributed by atoms with Crippen LogP contribution in [0.5, 0.6) is 0 Å². The molecule has 2 rings (SSSR count). The minimum absolute atomic E-state index is 0.0983. The van der Waals surface area contributed by atoms with Gasteiger partial charge in [0, 0.05) is 10.0 Å². The summed E-state index contributed by atoms with van der Waals surface area (Å²) in [6, 6.07) is 9.72. The Kier molecular flexibility index (Phi) is 5.28. The molecule has 2 aromatic rings. The highest BCUT2D eigenvalue weighted by Crippen LogP contribution is 2.31. The van der Waals surface area contributed by atoms with Crippen LogP contribution in [0, 0.1) is 5.82 Å². The first-order chi connectivity index (χ1) is 9.52. The van der Waals surface area contributed by atoms with Gasteiger partial charge in [0.15, 0.2) is 0 Å². The minimum atomic E-state index is -0.453. The average molecular weight is 333 g/mol. The molecular weight excluding hydrogens is 320 g/mol. The van der Waals surface area contributed by atoms with Gasteiger partial charge in [-0.2, -0.15) is 0 Å². The van der Waals surface area contributed by atoms with E-state index >= 15 is 0 Å². The molecule has 0 saturated heterocycles. The summed E-state index contributed by atoms with van der Waals surface area (Å²) in [6.07, 6.45) is 0. The zero-order chi connectivity index (χ0) is 14.7. The number of rotatable bonds is 4. The molecule has 5 heteroatoms. The lowest BCUT2D eigenvalue weighted by atomic mass is 9.98. The lowest BCUT2D eigenvalue weighted by molar-refractivity contribution is 0.603. The van der Waals surface area contributed by atoms with Crippen molar-refractivity contribution >= 4 is 34.8 Å². The van der Waals surface area contributed by atoms with Crippen LogP contribution in [0.25, 0.3) is 0 Å². The van der Waals surface area contributed by atoms with Crippen molar-refractivity contribution < 1.29 is 4.39 Å². The van der Waals surface area contributed by atoms with Crippen molar-refractivity contribution in [1.29, 1.82) is 0 Å². The Labute approximate surface area is 132 Å². The molecule has 1 N–H and O–H groups in total. The summed E-state index contributed by atoms with van der Waals surface area (Å²) < 4.78 is 13.7. The van der Waals surface area contributed by atoms with Gasteiger partial charge >= 0.3 is 0 Å². The molecule has 0 heterocycles. The normalized spacial score (nSPS) is 12.4. The van der Waals surface area contributed by atoms with Crippen molar-refractivity contribution in [2.24, 2.45) is 0 Å². The van der Waals surface area contributed by atoms with E-state index < -0.39 is 5.82 Å². The molecule has 20 heavy (non-hydrogen) atoms. The van der Waals surface area contributed by atoms with Crippen LogP contribution in [-0.2, 0) is 0 Å². The van der Waals surface area contributed by atoms with Gasteiger partial charge in [-0.15, -0.1) is 0 Å². The first-order valence-electron chi connectivity index (χ1n) is 6.16. The van der Waals surface area contributed by atoms with Crippen molar-refractivity contribution in [2.45, 2.75) is 13.0 Å². The highest BCUT2D eigenvalue weighted by molar-refractivity contribution is 6.33. The van der Waals surface area contributed by atoms with Gasteiger partial charge in [-0.25, -0.2) is 4.39 Å². The molecule has 1 atom stereocenters. The lowest BCUT2D eigenvalue weighted by Gasteiger charge is -2.20. The quantitative estimate of drug-likeness (QED) is 0.781. The first kappa shape index (κ1) is 15.6. The van der Waals surface area contributed by atoms with E-state index in [1.54, 1.807) is 24.3 Å². The van der Waals surface area contributed by atoms with E-state index in [9.17, 15) is 4.39 Å². The first-order valence-corrected chi connectivity index (χ1v) is 7.29. The zero-order valence-electron chi connectivity index (χ0n) is 10.8. The van der Waals surface area contributed by atoms with Gasteiger partial charge < -0.3 is 5.32 Å². The van der Waals surface area contributed by atoms with Gasteiger partial charge in [-0.3, -0.25) is 0 Å². The summed E-state index contributed by atoms with van der Waals surface area (Å²) in [6.45, 7) is 2.68. The Bertz CT molecular complexity index is 616. The van der Waals surface area contributed by atoms with Crippen LogP contribution >= 0.6 is 34.8 Å². The van der Waals surface area contributed by atoms with E-state index in [1.165, 1.54) is 12.1 Å². The highest BCUT2D eigenvalue weighted by atomic mass is 35.5. The van der Waals surface area contributed by atoms with Gasteiger partial charge in [0.25, 0.3) is 0 Å². The third-order valence-corrected chi connectivity index (χ3v) is 3.84. The second kappa shape index (κ2) is 6.77. The van der Waals surface area contributed by atoms with Crippen LogP contribution in [0.3, 0.4) is 0 Å². The SMILES string of the molecule is CCNC(c1ccc(Cl)c(F)c1)c1cc(Cl)ccc1Cl. The van der Waals surface area contributed by atoms with Gasteiger partial charge in [0.1, 0.15) is 5.82 Å². The maximum atomic E-state index is 13.7. The molecule has 0 radical (unpaired) electrons. The third kappa shape index (κ3) is 3.44. The van der Waals surface area contributed by atoms with Crippen LogP contribution in [0.2, 0.25) is 15.1 Å². The van der Waals surface area contributed by atoms with Crippen LogP contribution in [0.15, 0.2) is 36.4 Å². The maximum absolute atomic E-state index is 13.7. The Morgan fingerprint density at radius 3 is 2.40 bits per heavy atom. The van der Waals surface area contributed by atoms with Gasteiger partial charge in [-0.1, -0.05) is 47.8 Å². The standard InChI is InChI=1S/C15H13Cl3FN/c1-2-20-15(9-3-5-13(18)14(19)7-9)11-8-10(16)4-6-12(11)17/h3-8,15,20H,2H2,1H3. The monoisotopic (exact) mass is 331 g/mol. The number of hydrogen-bond acceptors (Lipinski definition) is 1. The van der Waals surface area contributed by atoms with E-state index in [2.05, 4.69) is 5.32 Å². The van der Waals surface area contributed by atoms with Gasteiger partial charge in [-0.05, 0) is 48.0 Å². The van der Waals surface area contributed by atoms with E-state index in [4.69, 9.17) is 34.8 Å². The van der Waals surface area contributed by atoms with Crippen molar-refractivity contribution in [2.75, 3.05) is 6.54 Å². The Hall–Kier alpha value is -0.800. The van der Waals surface area contributed by atoms with Gasteiger partial charge in [0.2, 0.25) is 0 Å². The molecule has 0 fully saturated rings. The van der Waals surface area contributed by atoms with Crippen molar-refractivity contribution in [3.63, 3.8) is 0 Å².